The number of fused-ring (bicyclic) bond motifs is 1. The van der Waals surface area contributed by atoms with Crippen molar-refractivity contribution in [1.82, 2.24) is 4.98 Å². The van der Waals surface area contributed by atoms with Gasteiger partial charge < -0.3 is 15.5 Å². The fraction of sp³-hybridized carbons (Fsp3) is 0.250. The average molecular weight is 218 g/mol. The molecule has 0 radical (unpaired) electrons. The first kappa shape index (κ1) is 10.7. The van der Waals surface area contributed by atoms with E-state index in [0.717, 1.165) is 16.5 Å². The van der Waals surface area contributed by atoms with Crippen molar-refractivity contribution in [3.05, 3.63) is 36.0 Å². The zero-order valence-corrected chi connectivity index (χ0v) is 9.07. The fourth-order valence-corrected chi connectivity index (χ4v) is 1.81. The van der Waals surface area contributed by atoms with Gasteiger partial charge in [0.15, 0.2) is 0 Å². The van der Waals surface area contributed by atoms with Crippen molar-refractivity contribution in [3.63, 3.8) is 0 Å². The molecule has 16 heavy (non-hydrogen) atoms. The molecule has 1 aromatic carbocycles. The maximum absolute atomic E-state index is 11.2. The number of carbonyl (C=O) groups excluding carboxylic acids is 1. The number of hydrogen-bond donors (Lipinski definition) is 2. The molecule has 0 amide bonds. The topological polar surface area (TPSA) is 68.1 Å². The van der Waals surface area contributed by atoms with Crippen LogP contribution in [0.4, 0.5) is 0 Å². The van der Waals surface area contributed by atoms with Gasteiger partial charge >= 0.3 is 5.97 Å². The van der Waals surface area contributed by atoms with Gasteiger partial charge in [0.25, 0.3) is 0 Å². The van der Waals surface area contributed by atoms with Gasteiger partial charge in [-0.15, -0.1) is 0 Å². The Kier molecular flexibility index (Phi) is 2.92. The van der Waals surface area contributed by atoms with Crippen LogP contribution < -0.4 is 5.73 Å². The van der Waals surface area contributed by atoms with E-state index in [1.807, 2.05) is 30.5 Å². The third-order valence-electron chi connectivity index (χ3n) is 2.64. The molecule has 1 atom stereocenters. The van der Waals surface area contributed by atoms with Crippen LogP contribution in [0, 0.1) is 0 Å². The summed E-state index contributed by atoms with van der Waals surface area (Å²) in [4.78, 5) is 14.3. The molecule has 0 aliphatic heterocycles. The summed E-state index contributed by atoms with van der Waals surface area (Å²) < 4.78 is 4.61. The lowest BCUT2D eigenvalue weighted by Gasteiger charge is -2.11. The molecule has 2 aromatic rings. The zero-order chi connectivity index (χ0) is 11.5. The van der Waals surface area contributed by atoms with E-state index < -0.39 is 0 Å². The molecule has 2 rings (SSSR count). The van der Waals surface area contributed by atoms with Crippen LogP contribution in [-0.2, 0) is 9.53 Å². The van der Waals surface area contributed by atoms with E-state index in [9.17, 15) is 4.79 Å². The lowest BCUT2D eigenvalue weighted by atomic mass is 10.0. The van der Waals surface area contributed by atoms with E-state index in [-0.39, 0.29) is 18.4 Å². The van der Waals surface area contributed by atoms with E-state index >= 15 is 0 Å². The minimum absolute atomic E-state index is 0.195. The van der Waals surface area contributed by atoms with Crippen molar-refractivity contribution >= 4 is 16.9 Å². The van der Waals surface area contributed by atoms with E-state index in [4.69, 9.17) is 5.73 Å². The average Bonchev–Trinajstić information content (AvgIpc) is 2.76. The van der Waals surface area contributed by atoms with Crippen molar-refractivity contribution in [3.8, 4) is 0 Å². The molecule has 0 aliphatic rings. The molecule has 3 N–H and O–H groups in total. The van der Waals surface area contributed by atoms with Crippen LogP contribution in [0.1, 0.15) is 18.0 Å². The molecule has 0 unspecified atom stereocenters. The minimum Gasteiger partial charge on any atom is -0.469 e. The number of methoxy groups -OCH3 is 1. The Morgan fingerprint density at radius 3 is 3.06 bits per heavy atom. The molecule has 0 fully saturated rings. The third kappa shape index (κ3) is 1.92. The van der Waals surface area contributed by atoms with Crippen LogP contribution >= 0.6 is 0 Å². The number of rotatable bonds is 3. The zero-order valence-electron chi connectivity index (χ0n) is 9.07. The SMILES string of the molecule is COC(=O)C[C@H](N)c1cccc2[nH]ccc12. The fourth-order valence-electron chi connectivity index (χ4n) is 1.81. The number of ether oxygens (including phenoxy) is 1. The smallest absolute Gasteiger partial charge is 0.307 e. The first-order chi connectivity index (χ1) is 7.72. The Bertz CT molecular complexity index is 504. The van der Waals surface area contributed by atoms with Gasteiger partial charge in [-0.2, -0.15) is 0 Å². The van der Waals surface area contributed by atoms with Crippen molar-refractivity contribution in [2.75, 3.05) is 7.11 Å². The largest absolute Gasteiger partial charge is 0.469 e. The predicted octanol–water partition coefficient (Wildman–Crippen LogP) is 1.73. The molecule has 0 aliphatic carbocycles. The van der Waals surface area contributed by atoms with Crippen molar-refractivity contribution in [1.29, 1.82) is 0 Å². The maximum atomic E-state index is 11.2. The molecule has 1 aromatic heterocycles. The lowest BCUT2D eigenvalue weighted by Crippen LogP contribution is -2.16. The van der Waals surface area contributed by atoms with Gasteiger partial charge in [0.2, 0.25) is 0 Å². The second-order valence-electron chi connectivity index (χ2n) is 3.67. The standard InChI is InChI=1S/C12H14N2O2/c1-16-12(15)7-10(13)8-3-2-4-11-9(8)5-6-14-11/h2-6,10,14H,7,13H2,1H3/t10-/m0/s1. The Hall–Kier alpha value is -1.81. The van der Waals surface area contributed by atoms with Gasteiger partial charge in [-0.1, -0.05) is 12.1 Å². The quantitative estimate of drug-likeness (QED) is 0.771. The number of nitrogens with two attached hydrogens (primary N) is 1. The summed E-state index contributed by atoms with van der Waals surface area (Å²) in [6.07, 6.45) is 2.06. The van der Waals surface area contributed by atoms with Crippen molar-refractivity contribution in [2.24, 2.45) is 5.73 Å². The van der Waals surface area contributed by atoms with Gasteiger partial charge in [-0.3, -0.25) is 4.79 Å². The van der Waals surface area contributed by atoms with Crippen molar-refractivity contribution in [2.45, 2.75) is 12.5 Å². The Morgan fingerprint density at radius 2 is 2.31 bits per heavy atom. The summed E-state index contributed by atoms with van der Waals surface area (Å²) in [6, 6.07) is 7.47. The number of H-pyrrole nitrogens is 1. The lowest BCUT2D eigenvalue weighted by molar-refractivity contribution is -0.141. The van der Waals surface area contributed by atoms with E-state index in [0.29, 0.717) is 0 Å². The van der Waals surface area contributed by atoms with Crippen molar-refractivity contribution < 1.29 is 9.53 Å². The summed E-state index contributed by atoms with van der Waals surface area (Å²) >= 11 is 0. The number of nitrogens with one attached hydrogen (secondary N) is 1. The first-order valence-corrected chi connectivity index (χ1v) is 5.11. The molecule has 84 valence electrons. The summed E-state index contributed by atoms with van der Waals surface area (Å²) in [7, 11) is 1.37. The number of aromatic amines is 1. The Labute approximate surface area is 93.4 Å². The van der Waals surface area contributed by atoms with Gasteiger partial charge in [-0.05, 0) is 17.7 Å². The molecule has 0 bridgehead atoms. The number of benzene rings is 1. The molecule has 1 heterocycles. The van der Waals surface area contributed by atoms with Crippen LogP contribution in [-0.4, -0.2) is 18.1 Å². The Morgan fingerprint density at radius 1 is 1.50 bits per heavy atom. The molecular weight excluding hydrogens is 204 g/mol. The van der Waals surface area contributed by atoms with E-state index in [1.54, 1.807) is 0 Å². The van der Waals surface area contributed by atoms with Gasteiger partial charge in [0.05, 0.1) is 13.5 Å². The number of esters is 1. The number of hydrogen-bond acceptors (Lipinski definition) is 3. The van der Waals surface area contributed by atoms with E-state index in [1.165, 1.54) is 7.11 Å². The first-order valence-electron chi connectivity index (χ1n) is 5.11. The second kappa shape index (κ2) is 4.37. The molecule has 0 spiro atoms. The monoisotopic (exact) mass is 218 g/mol. The maximum Gasteiger partial charge on any atom is 0.307 e. The Balaban J connectivity index is 2.32. The van der Waals surface area contributed by atoms with Gasteiger partial charge in [0, 0.05) is 23.1 Å². The summed E-state index contributed by atoms with van der Waals surface area (Å²) in [5.74, 6) is -0.292. The van der Waals surface area contributed by atoms with Crippen LogP contribution in [0.15, 0.2) is 30.5 Å². The number of carbonyl (C=O) groups is 1. The summed E-state index contributed by atoms with van der Waals surface area (Å²) in [5.41, 5.74) is 7.97. The van der Waals surface area contributed by atoms with Gasteiger partial charge in [-0.25, -0.2) is 0 Å². The highest BCUT2D eigenvalue weighted by Gasteiger charge is 2.14. The van der Waals surface area contributed by atoms with Gasteiger partial charge in [0.1, 0.15) is 0 Å². The van der Waals surface area contributed by atoms with Crippen LogP contribution in [0.2, 0.25) is 0 Å². The molecule has 4 heteroatoms. The van der Waals surface area contributed by atoms with Crippen LogP contribution in [0.3, 0.4) is 0 Å². The molecule has 0 saturated carbocycles. The second-order valence-corrected chi connectivity index (χ2v) is 3.67. The highest BCUT2D eigenvalue weighted by Crippen LogP contribution is 2.24. The highest BCUT2D eigenvalue weighted by molar-refractivity contribution is 5.84. The summed E-state index contributed by atoms with van der Waals surface area (Å²) in [5, 5.41) is 1.05. The molecular formula is C12H14N2O2. The molecule has 4 nitrogen and oxygen atoms in total. The highest BCUT2D eigenvalue weighted by atomic mass is 16.5. The number of aromatic nitrogens is 1. The normalized spacial score (nSPS) is 12.6. The van der Waals surface area contributed by atoms with Crippen LogP contribution in [0.5, 0.6) is 0 Å². The summed E-state index contributed by atoms with van der Waals surface area (Å²) in [6.45, 7) is 0. The molecule has 0 saturated heterocycles. The van der Waals surface area contributed by atoms with E-state index in [2.05, 4.69) is 9.72 Å². The minimum atomic E-state index is -0.327. The third-order valence-corrected chi connectivity index (χ3v) is 2.64. The predicted molar refractivity (Wildman–Crippen MR) is 61.9 cm³/mol. The van der Waals surface area contributed by atoms with Crippen LogP contribution in [0.25, 0.3) is 10.9 Å².